The van der Waals surface area contributed by atoms with Crippen molar-refractivity contribution in [1.82, 2.24) is 0 Å². The molecular formula is C10H24OSi. The topological polar surface area (TPSA) is 9.23 Å². The molecule has 1 nitrogen and oxygen atoms in total. The fourth-order valence-corrected chi connectivity index (χ4v) is 3.90. The Morgan fingerprint density at radius 3 is 1.50 bits per heavy atom. The summed E-state index contributed by atoms with van der Waals surface area (Å²) in [4.78, 5) is 0. The van der Waals surface area contributed by atoms with Crippen molar-refractivity contribution in [2.24, 2.45) is 0 Å². The van der Waals surface area contributed by atoms with E-state index >= 15 is 0 Å². The van der Waals surface area contributed by atoms with Crippen LogP contribution in [0.1, 0.15) is 48.5 Å². The summed E-state index contributed by atoms with van der Waals surface area (Å²) < 4.78 is 6.09. The predicted octanol–water partition coefficient (Wildman–Crippen LogP) is 3.35. The highest BCUT2D eigenvalue weighted by Gasteiger charge is 2.29. The van der Waals surface area contributed by atoms with Gasteiger partial charge in [0, 0.05) is 5.60 Å². The third-order valence-electron chi connectivity index (χ3n) is 1.83. The van der Waals surface area contributed by atoms with E-state index in [1.165, 1.54) is 6.04 Å². The molecule has 0 N–H and O–H groups in total. The van der Waals surface area contributed by atoms with Gasteiger partial charge in [0.25, 0.3) is 0 Å². The van der Waals surface area contributed by atoms with E-state index in [1.807, 2.05) is 0 Å². The monoisotopic (exact) mass is 188 g/mol. The first-order chi connectivity index (χ1) is 5.17. The Hall–Kier alpha value is 0.177. The van der Waals surface area contributed by atoms with Crippen molar-refractivity contribution >= 4 is 9.04 Å². The second-order valence-electron chi connectivity index (χ2n) is 5.49. The Labute approximate surface area is 79.2 Å². The maximum atomic E-state index is 6.09. The van der Waals surface area contributed by atoms with Crippen LogP contribution in [0.4, 0.5) is 0 Å². The summed E-state index contributed by atoms with van der Waals surface area (Å²) in [5, 5.41) is 0.391. The molecular weight excluding hydrogens is 164 g/mol. The van der Waals surface area contributed by atoms with Gasteiger partial charge >= 0.3 is 0 Å². The third kappa shape index (κ3) is 4.94. The van der Waals surface area contributed by atoms with Gasteiger partial charge in [0.1, 0.15) is 0 Å². The molecule has 1 atom stereocenters. The molecule has 1 unspecified atom stereocenters. The van der Waals surface area contributed by atoms with Crippen molar-refractivity contribution in [1.29, 1.82) is 0 Å². The summed E-state index contributed by atoms with van der Waals surface area (Å²) in [7, 11) is -1.03. The summed E-state index contributed by atoms with van der Waals surface area (Å²) in [6, 6.07) is 1.22. The second-order valence-corrected chi connectivity index (χ2v) is 9.25. The van der Waals surface area contributed by atoms with Crippen molar-refractivity contribution in [3.63, 3.8) is 0 Å². The van der Waals surface area contributed by atoms with E-state index in [4.69, 9.17) is 4.43 Å². The van der Waals surface area contributed by atoms with Crippen LogP contribution in [0.3, 0.4) is 0 Å². The van der Waals surface area contributed by atoms with Gasteiger partial charge in [0.15, 0.2) is 9.04 Å². The van der Waals surface area contributed by atoms with Crippen LogP contribution in [-0.2, 0) is 4.43 Å². The predicted molar refractivity (Wildman–Crippen MR) is 58.2 cm³/mol. The Bertz CT molecular complexity index is 130. The summed E-state index contributed by atoms with van der Waals surface area (Å²) in [5.74, 6) is 0. The van der Waals surface area contributed by atoms with Gasteiger partial charge in [0.05, 0.1) is 0 Å². The largest absolute Gasteiger partial charge is 0.415 e. The lowest BCUT2D eigenvalue weighted by molar-refractivity contribution is 0.121. The van der Waals surface area contributed by atoms with E-state index in [2.05, 4.69) is 48.5 Å². The normalized spacial score (nSPS) is 16.2. The Kier molecular flexibility index (Phi) is 3.98. The van der Waals surface area contributed by atoms with Crippen molar-refractivity contribution in [3.05, 3.63) is 0 Å². The minimum atomic E-state index is -1.03. The minimum absolute atomic E-state index is 0.0418. The van der Waals surface area contributed by atoms with E-state index in [1.54, 1.807) is 0 Å². The van der Waals surface area contributed by atoms with Crippen molar-refractivity contribution < 1.29 is 4.43 Å². The van der Waals surface area contributed by atoms with Gasteiger partial charge in [-0.15, -0.1) is 0 Å². The molecule has 74 valence electrons. The van der Waals surface area contributed by atoms with Crippen LogP contribution in [0, 0.1) is 0 Å². The molecule has 0 fully saturated rings. The molecule has 0 aromatic rings. The summed E-state index contributed by atoms with van der Waals surface area (Å²) in [6.45, 7) is 15.6. The average molecular weight is 188 g/mol. The zero-order valence-corrected chi connectivity index (χ0v) is 10.8. The molecule has 0 aliphatic heterocycles. The first kappa shape index (κ1) is 12.2. The SMILES string of the molecule is CC[SiH](OC(C)(C)C)C(C)(C)C. The Morgan fingerprint density at radius 2 is 1.42 bits per heavy atom. The Morgan fingerprint density at radius 1 is 1.00 bits per heavy atom. The van der Waals surface area contributed by atoms with Crippen LogP contribution >= 0.6 is 0 Å². The van der Waals surface area contributed by atoms with E-state index in [0.717, 1.165) is 0 Å². The second kappa shape index (κ2) is 3.92. The third-order valence-corrected chi connectivity index (χ3v) is 5.50. The van der Waals surface area contributed by atoms with Crippen LogP contribution in [0.15, 0.2) is 0 Å². The fraction of sp³-hybridized carbons (Fsp3) is 1.00. The summed E-state index contributed by atoms with van der Waals surface area (Å²) in [6.07, 6.45) is 0. The van der Waals surface area contributed by atoms with Crippen LogP contribution in [-0.4, -0.2) is 14.6 Å². The Balaban J connectivity index is 4.20. The van der Waals surface area contributed by atoms with Gasteiger partial charge in [-0.05, 0) is 31.9 Å². The maximum Gasteiger partial charge on any atom is 0.182 e. The van der Waals surface area contributed by atoms with Gasteiger partial charge in [-0.3, -0.25) is 0 Å². The molecule has 0 amide bonds. The van der Waals surface area contributed by atoms with E-state index in [-0.39, 0.29) is 5.60 Å². The van der Waals surface area contributed by atoms with Crippen molar-refractivity contribution in [2.45, 2.75) is 65.1 Å². The lowest BCUT2D eigenvalue weighted by atomic mass is 10.2. The molecule has 0 saturated carbocycles. The highest BCUT2D eigenvalue weighted by atomic mass is 28.3. The van der Waals surface area contributed by atoms with Crippen LogP contribution < -0.4 is 0 Å². The highest BCUT2D eigenvalue weighted by molar-refractivity contribution is 6.55. The zero-order chi connectivity index (χ0) is 9.99. The van der Waals surface area contributed by atoms with Gasteiger partial charge in [-0.2, -0.15) is 0 Å². The van der Waals surface area contributed by atoms with E-state index in [9.17, 15) is 0 Å². The minimum Gasteiger partial charge on any atom is -0.415 e. The molecule has 0 aliphatic carbocycles. The molecule has 0 saturated heterocycles. The first-order valence-electron chi connectivity index (χ1n) is 4.84. The molecule has 0 aromatic heterocycles. The smallest absolute Gasteiger partial charge is 0.182 e. The standard InChI is InChI=1S/C10H24OSi/c1-8-12(10(5,6)7)11-9(2,3)4/h12H,8H2,1-7H3. The molecule has 0 aliphatic rings. The van der Waals surface area contributed by atoms with E-state index < -0.39 is 9.04 Å². The number of hydrogen-bond donors (Lipinski definition) is 0. The molecule has 0 spiro atoms. The fourth-order valence-electron chi connectivity index (χ4n) is 1.30. The summed E-state index contributed by atoms with van der Waals surface area (Å²) >= 11 is 0. The molecule has 0 rings (SSSR count). The lowest BCUT2D eigenvalue weighted by Crippen LogP contribution is -2.36. The number of hydrogen-bond acceptors (Lipinski definition) is 1. The van der Waals surface area contributed by atoms with Gasteiger partial charge in [-0.25, -0.2) is 0 Å². The van der Waals surface area contributed by atoms with Crippen molar-refractivity contribution in [2.75, 3.05) is 0 Å². The van der Waals surface area contributed by atoms with Crippen LogP contribution in [0.25, 0.3) is 0 Å². The highest BCUT2D eigenvalue weighted by Crippen LogP contribution is 2.32. The molecule has 2 heteroatoms. The number of rotatable bonds is 2. The quantitative estimate of drug-likeness (QED) is 0.604. The average Bonchev–Trinajstić information content (AvgIpc) is 1.78. The van der Waals surface area contributed by atoms with E-state index in [0.29, 0.717) is 5.04 Å². The first-order valence-corrected chi connectivity index (χ1v) is 6.71. The maximum absolute atomic E-state index is 6.09. The van der Waals surface area contributed by atoms with Gasteiger partial charge < -0.3 is 4.43 Å². The van der Waals surface area contributed by atoms with Gasteiger partial charge in [-0.1, -0.05) is 27.7 Å². The van der Waals surface area contributed by atoms with Crippen LogP contribution in [0.2, 0.25) is 11.1 Å². The molecule has 0 radical (unpaired) electrons. The van der Waals surface area contributed by atoms with Crippen molar-refractivity contribution in [3.8, 4) is 0 Å². The molecule has 0 heterocycles. The summed E-state index contributed by atoms with van der Waals surface area (Å²) in [5.41, 5.74) is 0.0418. The molecule has 0 bridgehead atoms. The lowest BCUT2D eigenvalue weighted by Gasteiger charge is -2.34. The molecule has 0 aromatic carbocycles. The van der Waals surface area contributed by atoms with Crippen LogP contribution in [0.5, 0.6) is 0 Å². The molecule has 12 heavy (non-hydrogen) atoms. The zero-order valence-electron chi connectivity index (χ0n) is 9.69. The van der Waals surface area contributed by atoms with Gasteiger partial charge in [0.2, 0.25) is 0 Å².